The number of halogens is 1. The molecular weight excluding hydrogens is 609 g/mol. The van der Waals surface area contributed by atoms with Gasteiger partial charge in [-0.3, -0.25) is 18.9 Å². The predicted octanol–water partition coefficient (Wildman–Crippen LogP) is 6.54. The fourth-order valence-corrected chi connectivity index (χ4v) is 6.60. The van der Waals surface area contributed by atoms with Gasteiger partial charge in [0, 0.05) is 43.0 Å². The first kappa shape index (κ1) is 31.3. The Hall–Kier alpha value is -4.68. The third-order valence-electron chi connectivity index (χ3n) is 8.15. The maximum atomic E-state index is 15.3. The molecule has 0 atom stereocenters. The highest BCUT2D eigenvalue weighted by Gasteiger charge is 2.23. The number of carbonyl (C=O) groups is 1. The first-order valence-corrected chi connectivity index (χ1v) is 16.1. The molecule has 1 aliphatic rings. The summed E-state index contributed by atoms with van der Waals surface area (Å²) in [5, 5.41) is 5.89. The van der Waals surface area contributed by atoms with Gasteiger partial charge in [0.1, 0.15) is 16.4 Å². The Labute approximate surface area is 270 Å². The minimum Gasteiger partial charge on any atom is -0.493 e. The summed E-state index contributed by atoms with van der Waals surface area (Å²) >= 11 is 1.39. The lowest BCUT2D eigenvalue weighted by atomic mass is 10.1. The van der Waals surface area contributed by atoms with Crippen molar-refractivity contribution in [1.29, 1.82) is 0 Å². The summed E-state index contributed by atoms with van der Waals surface area (Å²) in [6.07, 6.45) is 6.33. The molecule has 3 aromatic heterocycles. The Morgan fingerprint density at radius 2 is 1.87 bits per heavy atom. The number of nitrogens with one attached hydrogen (secondary N) is 1. The number of aromatic nitrogens is 3. The first-order chi connectivity index (χ1) is 22.3. The molecule has 0 unspecified atom stereocenters. The Bertz CT molecular complexity index is 1910. The van der Waals surface area contributed by atoms with Crippen LogP contribution in [0.15, 0.2) is 64.9 Å². The average molecular weight is 646 g/mol. The SMILES string of the molecule is COc1cc2c(Oc3ccc(NC(=O)c4c(C)n(-c5cccs5)c(=O)n4C)cc3F)ccnc2cc1OCCCN1CCCCC1. The van der Waals surface area contributed by atoms with Gasteiger partial charge >= 0.3 is 5.69 Å². The van der Waals surface area contributed by atoms with Crippen molar-refractivity contribution in [3.8, 4) is 28.0 Å². The molecule has 6 rings (SSSR count). The van der Waals surface area contributed by atoms with Crippen LogP contribution in [-0.2, 0) is 7.05 Å². The summed E-state index contributed by atoms with van der Waals surface area (Å²) in [5.41, 5.74) is 1.16. The molecule has 1 amide bonds. The van der Waals surface area contributed by atoms with Crippen LogP contribution in [0.1, 0.15) is 41.9 Å². The van der Waals surface area contributed by atoms with E-state index in [-0.39, 0.29) is 22.8 Å². The van der Waals surface area contributed by atoms with Crippen LogP contribution < -0.4 is 25.2 Å². The predicted molar refractivity (Wildman–Crippen MR) is 177 cm³/mol. The van der Waals surface area contributed by atoms with E-state index in [0.29, 0.717) is 45.5 Å². The van der Waals surface area contributed by atoms with Crippen LogP contribution in [0.4, 0.5) is 10.1 Å². The number of nitrogens with zero attached hydrogens (tertiary/aromatic N) is 4. The van der Waals surface area contributed by atoms with Crippen molar-refractivity contribution in [3.05, 3.63) is 87.8 Å². The van der Waals surface area contributed by atoms with E-state index < -0.39 is 11.7 Å². The third kappa shape index (κ3) is 6.49. The molecule has 0 spiro atoms. The minimum atomic E-state index is -0.676. The molecule has 4 heterocycles. The Morgan fingerprint density at radius 3 is 2.61 bits per heavy atom. The van der Waals surface area contributed by atoms with Gasteiger partial charge in [-0.2, -0.15) is 0 Å². The van der Waals surface area contributed by atoms with Crippen molar-refractivity contribution >= 4 is 33.8 Å². The zero-order chi connectivity index (χ0) is 32.2. The van der Waals surface area contributed by atoms with E-state index >= 15 is 4.39 Å². The number of likely N-dealkylation sites (tertiary alicyclic amines) is 1. The largest absolute Gasteiger partial charge is 0.493 e. The number of thiophene rings is 1. The molecule has 0 bridgehead atoms. The van der Waals surface area contributed by atoms with E-state index in [4.69, 9.17) is 14.2 Å². The molecule has 12 heteroatoms. The van der Waals surface area contributed by atoms with Gasteiger partial charge in [-0.05, 0) is 81.1 Å². The van der Waals surface area contributed by atoms with E-state index in [9.17, 15) is 9.59 Å². The number of hydrogen-bond donors (Lipinski definition) is 1. The van der Waals surface area contributed by atoms with Crippen molar-refractivity contribution in [1.82, 2.24) is 19.0 Å². The normalized spacial score (nSPS) is 13.6. The van der Waals surface area contributed by atoms with E-state index in [0.717, 1.165) is 26.1 Å². The van der Waals surface area contributed by atoms with Gasteiger partial charge in [-0.25, -0.2) is 9.18 Å². The second kappa shape index (κ2) is 13.8. The quantitative estimate of drug-likeness (QED) is 0.163. The second-order valence-corrected chi connectivity index (χ2v) is 12.1. The number of methoxy groups -OCH3 is 1. The molecule has 0 radical (unpaired) electrons. The Kier molecular flexibility index (Phi) is 9.36. The monoisotopic (exact) mass is 645 g/mol. The average Bonchev–Trinajstić information content (AvgIpc) is 3.66. The van der Waals surface area contributed by atoms with Crippen molar-refractivity contribution in [2.24, 2.45) is 7.05 Å². The molecule has 0 saturated carbocycles. The lowest BCUT2D eigenvalue weighted by Crippen LogP contribution is -2.31. The van der Waals surface area contributed by atoms with Crippen LogP contribution in [0.2, 0.25) is 0 Å². The molecule has 1 saturated heterocycles. The van der Waals surface area contributed by atoms with Crippen LogP contribution in [0.3, 0.4) is 0 Å². The molecule has 5 aromatic rings. The summed E-state index contributed by atoms with van der Waals surface area (Å²) in [4.78, 5) is 33.0. The Morgan fingerprint density at radius 1 is 1.04 bits per heavy atom. The summed E-state index contributed by atoms with van der Waals surface area (Å²) < 4.78 is 35.8. The van der Waals surface area contributed by atoms with E-state index in [1.807, 2.05) is 17.5 Å². The lowest BCUT2D eigenvalue weighted by molar-refractivity contribution is 0.101. The maximum absolute atomic E-state index is 15.3. The number of imidazole rings is 1. The molecule has 0 aliphatic carbocycles. The van der Waals surface area contributed by atoms with Crippen molar-refractivity contribution in [2.45, 2.75) is 32.6 Å². The van der Waals surface area contributed by atoms with Gasteiger partial charge in [0.15, 0.2) is 23.1 Å². The summed E-state index contributed by atoms with van der Waals surface area (Å²) in [5.74, 6) is 0.260. The molecule has 10 nitrogen and oxygen atoms in total. The smallest absolute Gasteiger partial charge is 0.333 e. The lowest BCUT2D eigenvalue weighted by Gasteiger charge is -2.26. The number of rotatable bonds is 11. The van der Waals surface area contributed by atoms with Gasteiger partial charge in [0.05, 0.1) is 24.9 Å². The summed E-state index contributed by atoms with van der Waals surface area (Å²) in [6.45, 7) is 5.56. The number of carbonyl (C=O) groups excluding carboxylic acids is 1. The Balaban J connectivity index is 1.16. The second-order valence-electron chi connectivity index (χ2n) is 11.2. The van der Waals surface area contributed by atoms with E-state index in [1.54, 1.807) is 44.5 Å². The number of benzene rings is 2. The van der Waals surface area contributed by atoms with Crippen LogP contribution in [0.25, 0.3) is 15.9 Å². The van der Waals surface area contributed by atoms with Crippen LogP contribution in [-0.4, -0.2) is 58.3 Å². The number of ether oxygens (including phenoxy) is 3. The zero-order valence-electron chi connectivity index (χ0n) is 26.0. The van der Waals surface area contributed by atoms with Crippen molar-refractivity contribution < 1.29 is 23.4 Å². The molecule has 1 aliphatic heterocycles. The minimum absolute atomic E-state index is 0.0325. The van der Waals surface area contributed by atoms with Gasteiger partial charge in [0.25, 0.3) is 5.91 Å². The van der Waals surface area contributed by atoms with Crippen LogP contribution in [0, 0.1) is 12.7 Å². The van der Waals surface area contributed by atoms with Crippen LogP contribution in [0.5, 0.6) is 23.0 Å². The van der Waals surface area contributed by atoms with Gasteiger partial charge < -0.3 is 24.4 Å². The molecular formula is C34H36FN5O5S. The summed E-state index contributed by atoms with van der Waals surface area (Å²) in [6, 6.07) is 13.0. The number of piperidine rings is 1. The molecule has 46 heavy (non-hydrogen) atoms. The fraction of sp³-hybridized carbons (Fsp3) is 0.324. The third-order valence-corrected chi connectivity index (χ3v) is 9.01. The highest BCUT2D eigenvalue weighted by Crippen LogP contribution is 2.38. The molecule has 1 fully saturated rings. The van der Waals surface area contributed by atoms with Crippen LogP contribution >= 0.6 is 11.3 Å². The highest BCUT2D eigenvalue weighted by molar-refractivity contribution is 7.12. The van der Waals surface area contributed by atoms with E-state index in [1.165, 1.54) is 58.9 Å². The highest BCUT2D eigenvalue weighted by atomic mass is 32.1. The fourth-order valence-electron chi connectivity index (χ4n) is 5.82. The number of anilines is 1. The number of hydrogen-bond acceptors (Lipinski definition) is 8. The molecule has 2 aromatic carbocycles. The standard InChI is InChI=1S/C34H36FN5O5S/c1-22-32(38(2)34(42)40(22)31-9-7-18-46-31)33(41)37-23-10-11-28(25(35)19-23)45-27-12-13-36-26-21-30(29(43-3)20-24(26)27)44-17-8-16-39-14-5-4-6-15-39/h7,9-13,18-21H,4-6,8,14-17H2,1-3H3,(H,37,41). The van der Waals surface area contributed by atoms with Crippen molar-refractivity contribution in [2.75, 3.05) is 38.7 Å². The van der Waals surface area contributed by atoms with Gasteiger partial charge in [-0.1, -0.05) is 6.42 Å². The van der Waals surface area contributed by atoms with Gasteiger partial charge in [0.2, 0.25) is 0 Å². The van der Waals surface area contributed by atoms with E-state index in [2.05, 4.69) is 15.2 Å². The first-order valence-electron chi connectivity index (χ1n) is 15.3. The summed E-state index contributed by atoms with van der Waals surface area (Å²) in [7, 11) is 3.10. The topological polar surface area (TPSA) is 99.9 Å². The zero-order valence-corrected chi connectivity index (χ0v) is 26.9. The number of amides is 1. The maximum Gasteiger partial charge on any atom is 0.333 e. The molecule has 240 valence electrons. The van der Waals surface area contributed by atoms with Crippen molar-refractivity contribution in [3.63, 3.8) is 0 Å². The number of pyridine rings is 1. The van der Waals surface area contributed by atoms with Gasteiger partial charge in [-0.15, -0.1) is 11.3 Å². The number of fused-ring (bicyclic) bond motifs is 1. The molecule has 1 N–H and O–H groups in total.